The normalized spacial score (nSPS) is 14.2. The minimum absolute atomic E-state index is 0.0533. The van der Waals surface area contributed by atoms with Gasteiger partial charge in [-0.15, -0.1) is 0 Å². The molecule has 418 valence electrons. The highest BCUT2D eigenvalue weighted by atomic mass is 31.2. The van der Waals surface area contributed by atoms with E-state index >= 15 is 0 Å². The number of phosphoric acid groups is 1. The molecular formula is C62H120N2O6P+. The van der Waals surface area contributed by atoms with Gasteiger partial charge in [0.2, 0.25) is 5.91 Å². The van der Waals surface area contributed by atoms with Crippen LogP contribution in [0.3, 0.4) is 0 Å². The maximum absolute atomic E-state index is 13.0. The largest absolute Gasteiger partial charge is 0.472 e. The van der Waals surface area contributed by atoms with Crippen LogP contribution < -0.4 is 5.32 Å². The molecule has 0 spiro atoms. The molecule has 0 aromatic rings. The molecule has 0 aliphatic carbocycles. The third-order valence-electron chi connectivity index (χ3n) is 13.7. The van der Waals surface area contributed by atoms with Gasteiger partial charge < -0.3 is 19.8 Å². The fourth-order valence-electron chi connectivity index (χ4n) is 8.95. The van der Waals surface area contributed by atoms with E-state index in [1.807, 2.05) is 27.2 Å². The Morgan fingerprint density at radius 3 is 1.13 bits per heavy atom. The first-order chi connectivity index (χ1) is 34.5. The molecule has 0 heterocycles. The van der Waals surface area contributed by atoms with Crippen molar-refractivity contribution >= 4 is 13.7 Å². The van der Waals surface area contributed by atoms with Crippen LogP contribution in [0.4, 0.5) is 0 Å². The Labute approximate surface area is 441 Å². The number of allylic oxidation sites excluding steroid dienone is 7. The molecule has 3 unspecified atom stereocenters. The number of rotatable bonds is 56. The van der Waals surface area contributed by atoms with Crippen molar-refractivity contribution in [1.29, 1.82) is 0 Å². The molecule has 0 bridgehead atoms. The number of likely N-dealkylation sites (N-methyl/N-ethyl adjacent to an activating group) is 1. The Balaban J connectivity index is 4.24. The van der Waals surface area contributed by atoms with Crippen molar-refractivity contribution in [3.05, 3.63) is 48.6 Å². The van der Waals surface area contributed by atoms with Gasteiger partial charge in [0.05, 0.1) is 39.9 Å². The van der Waals surface area contributed by atoms with Gasteiger partial charge in [-0.1, -0.05) is 262 Å². The van der Waals surface area contributed by atoms with E-state index in [4.69, 9.17) is 9.05 Å². The summed E-state index contributed by atoms with van der Waals surface area (Å²) < 4.78 is 23.7. The van der Waals surface area contributed by atoms with Gasteiger partial charge in [-0.3, -0.25) is 13.8 Å². The van der Waals surface area contributed by atoms with Crippen LogP contribution in [0.1, 0.15) is 290 Å². The van der Waals surface area contributed by atoms with Crippen molar-refractivity contribution in [2.45, 2.75) is 302 Å². The van der Waals surface area contributed by atoms with E-state index in [1.165, 1.54) is 225 Å². The zero-order valence-corrected chi connectivity index (χ0v) is 48.6. The van der Waals surface area contributed by atoms with Crippen molar-refractivity contribution in [2.24, 2.45) is 0 Å². The summed E-state index contributed by atoms with van der Waals surface area (Å²) in [5, 5.41) is 13.9. The molecule has 0 fully saturated rings. The van der Waals surface area contributed by atoms with Crippen LogP contribution in [-0.2, 0) is 18.4 Å². The van der Waals surface area contributed by atoms with E-state index in [0.29, 0.717) is 17.4 Å². The molecular weight excluding hydrogens is 900 g/mol. The maximum atomic E-state index is 13.0. The molecule has 9 heteroatoms. The number of amides is 1. The molecule has 3 N–H and O–H groups in total. The number of aliphatic hydroxyl groups is 1. The summed E-state index contributed by atoms with van der Waals surface area (Å²) in [6.45, 7) is 4.82. The highest BCUT2D eigenvalue weighted by molar-refractivity contribution is 7.47. The predicted octanol–water partition coefficient (Wildman–Crippen LogP) is 18.7. The standard InChI is InChI=1S/C62H119N2O6P/c1-6-8-10-12-14-16-18-20-22-24-26-28-30-31-32-34-35-37-39-41-43-45-47-49-51-53-55-61(65)60(59-70-71(67,68)69-58-57-64(3,4)5)63-62(66)56-54-52-50-48-46-44-42-40-38-36-33-29-27-25-23-21-19-17-15-13-11-9-7-2/h25,27,37,39,45,47,53,55,60-61,65H,6-24,26,28-36,38,40-44,46,48-52,54,56-59H2,1-5H3,(H-,63,66,67,68)/p+1/b27-25-,39-37+,47-45+,55-53+. The second-order valence-electron chi connectivity index (χ2n) is 22.1. The van der Waals surface area contributed by atoms with Crippen molar-refractivity contribution in [3.8, 4) is 0 Å². The van der Waals surface area contributed by atoms with Crippen LogP contribution in [0.5, 0.6) is 0 Å². The summed E-state index contributed by atoms with van der Waals surface area (Å²) in [6.07, 6.45) is 70.9. The fraction of sp³-hybridized carbons (Fsp3) is 0.855. The smallest absolute Gasteiger partial charge is 0.387 e. The average molecular weight is 1020 g/mol. The van der Waals surface area contributed by atoms with Gasteiger partial charge in [0, 0.05) is 6.42 Å². The van der Waals surface area contributed by atoms with Gasteiger partial charge in [0.15, 0.2) is 0 Å². The number of unbranched alkanes of at least 4 members (excludes halogenated alkanes) is 37. The van der Waals surface area contributed by atoms with E-state index in [2.05, 4.69) is 55.6 Å². The van der Waals surface area contributed by atoms with Crippen LogP contribution in [0.15, 0.2) is 48.6 Å². The summed E-state index contributed by atoms with van der Waals surface area (Å²) in [5.74, 6) is -0.189. The quantitative estimate of drug-likeness (QED) is 0.0243. The first kappa shape index (κ1) is 69.5. The van der Waals surface area contributed by atoms with E-state index in [-0.39, 0.29) is 19.1 Å². The fourth-order valence-corrected chi connectivity index (χ4v) is 9.69. The van der Waals surface area contributed by atoms with Crippen LogP contribution in [-0.4, -0.2) is 73.4 Å². The average Bonchev–Trinajstić information content (AvgIpc) is 3.33. The van der Waals surface area contributed by atoms with Crippen molar-refractivity contribution < 1.29 is 32.9 Å². The number of hydrogen-bond acceptors (Lipinski definition) is 5. The number of carbonyl (C=O) groups is 1. The van der Waals surface area contributed by atoms with E-state index in [9.17, 15) is 19.4 Å². The number of nitrogens with zero attached hydrogens (tertiary/aromatic N) is 1. The van der Waals surface area contributed by atoms with Crippen LogP contribution >= 0.6 is 7.82 Å². The molecule has 3 atom stereocenters. The van der Waals surface area contributed by atoms with Crippen LogP contribution in [0, 0.1) is 0 Å². The van der Waals surface area contributed by atoms with Crippen molar-refractivity contribution in [1.82, 2.24) is 5.32 Å². The summed E-state index contributed by atoms with van der Waals surface area (Å²) in [5.41, 5.74) is 0. The van der Waals surface area contributed by atoms with Gasteiger partial charge in [0.25, 0.3) is 0 Å². The minimum Gasteiger partial charge on any atom is -0.387 e. The SMILES string of the molecule is CCCCCCCCCC/C=C\CCCCCCCCCCCCCC(=O)NC(COP(=O)(O)OCC[N+](C)(C)C)C(O)/C=C/CC/C=C/CC/C=C/CCCCCCCCCCCCCCCCCC. The van der Waals surface area contributed by atoms with Crippen LogP contribution in [0.2, 0.25) is 0 Å². The lowest BCUT2D eigenvalue weighted by Gasteiger charge is -2.25. The molecule has 0 saturated carbocycles. The monoisotopic (exact) mass is 1020 g/mol. The third-order valence-corrected chi connectivity index (χ3v) is 14.7. The molecule has 0 aromatic heterocycles. The number of carbonyl (C=O) groups excluding carboxylic acids is 1. The molecule has 0 aliphatic rings. The van der Waals surface area contributed by atoms with E-state index < -0.39 is 20.0 Å². The van der Waals surface area contributed by atoms with Crippen molar-refractivity contribution in [3.63, 3.8) is 0 Å². The van der Waals surface area contributed by atoms with Gasteiger partial charge in [-0.05, 0) is 70.6 Å². The number of quaternary nitrogens is 1. The third kappa shape index (κ3) is 56.0. The second kappa shape index (κ2) is 53.3. The lowest BCUT2D eigenvalue weighted by molar-refractivity contribution is -0.870. The Morgan fingerprint density at radius 1 is 0.465 bits per heavy atom. The maximum Gasteiger partial charge on any atom is 0.472 e. The Morgan fingerprint density at radius 2 is 0.775 bits per heavy atom. The molecule has 1 amide bonds. The molecule has 8 nitrogen and oxygen atoms in total. The molecule has 71 heavy (non-hydrogen) atoms. The highest BCUT2D eigenvalue weighted by Crippen LogP contribution is 2.43. The van der Waals surface area contributed by atoms with E-state index in [0.717, 1.165) is 44.9 Å². The van der Waals surface area contributed by atoms with E-state index in [1.54, 1.807) is 6.08 Å². The zero-order valence-electron chi connectivity index (χ0n) is 47.7. The molecule has 0 saturated heterocycles. The Hall–Kier alpha value is -1.54. The molecule has 0 radical (unpaired) electrons. The summed E-state index contributed by atoms with van der Waals surface area (Å²) >= 11 is 0. The molecule has 0 aromatic carbocycles. The summed E-state index contributed by atoms with van der Waals surface area (Å²) in [4.78, 5) is 23.3. The summed E-state index contributed by atoms with van der Waals surface area (Å²) in [6, 6.07) is -0.872. The Kier molecular flexibility index (Phi) is 52.1. The number of phosphoric ester groups is 1. The lowest BCUT2D eigenvalue weighted by Crippen LogP contribution is -2.45. The van der Waals surface area contributed by atoms with Crippen molar-refractivity contribution in [2.75, 3.05) is 40.9 Å². The number of nitrogens with one attached hydrogen (secondary N) is 1. The highest BCUT2D eigenvalue weighted by Gasteiger charge is 2.27. The first-order valence-corrected chi connectivity index (χ1v) is 32.0. The lowest BCUT2D eigenvalue weighted by atomic mass is 10.0. The summed E-state index contributed by atoms with van der Waals surface area (Å²) in [7, 11) is 1.55. The Bertz CT molecular complexity index is 1290. The number of hydrogen-bond donors (Lipinski definition) is 3. The van der Waals surface area contributed by atoms with Gasteiger partial charge >= 0.3 is 7.82 Å². The van der Waals surface area contributed by atoms with Gasteiger partial charge in [-0.2, -0.15) is 0 Å². The zero-order chi connectivity index (χ0) is 52.0. The predicted molar refractivity (Wildman–Crippen MR) is 309 cm³/mol. The molecule has 0 aliphatic heterocycles. The van der Waals surface area contributed by atoms with Crippen LogP contribution in [0.25, 0.3) is 0 Å². The first-order valence-electron chi connectivity index (χ1n) is 30.5. The molecule has 0 rings (SSSR count). The van der Waals surface area contributed by atoms with Gasteiger partial charge in [-0.25, -0.2) is 4.57 Å². The second-order valence-corrected chi connectivity index (χ2v) is 23.5. The number of aliphatic hydroxyl groups excluding tert-OH is 1. The minimum atomic E-state index is -4.36. The topological polar surface area (TPSA) is 105 Å². The van der Waals surface area contributed by atoms with Gasteiger partial charge in [0.1, 0.15) is 13.2 Å².